The van der Waals surface area contributed by atoms with E-state index in [-0.39, 0.29) is 11.8 Å². The van der Waals surface area contributed by atoms with E-state index in [1.807, 2.05) is 42.1 Å². The highest BCUT2D eigenvalue weighted by atomic mass is 32.2. The lowest BCUT2D eigenvalue weighted by molar-refractivity contribution is -0.117. The molecule has 1 atom stereocenters. The van der Waals surface area contributed by atoms with Gasteiger partial charge in [0.05, 0.1) is 0 Å². The zero-order valence-electron chi connectivity index (χ0n) is 15.0. The summed E-state index contributed by atoms with van der Waals surface area (Å²) in [4.78, 5) is 15.2. The van der Waals surface area contributed by atoms with Gasteiger partial charge in [-0.25, -0.2) is 0 Å². The summed E-state index contributed by atoms with van der Waals surface area (Å²) in [6, 6.07) is 14.1. The van der Waals surface area contributed by atoms with Gasteiger partial charge in [0, 0.05) is 42.4 Å². The van der Waals surface area contributed by atoms with Gasteiger partial charge in [0.1, 0.15) is 18.3 Å². The summed E-state index contributed by atoms with van der Waals surface area (Å²) < 4.78 is 5.64. The second-order valence-electron chi connectivity index (χ2n) is 6.93. The lowest BCUT2D eigenvalue weighted by Gasteiger charge is -2.26. The minimum atomic E-state index is -0.240. The first-order valence-corrected chi connectivity index (χ1v) is 10.3. The molecular formula is C21H24N2O2S. The Morgan fingerprint density at radius 2 is 2.04 bits per heavy atom. The second kappa shape index (κ2) is 7.72. The van der Waals surface area contributed by atoms with E-state index in [1.165, 1.54) is 17.1 Å². The van der Waals surface area contributed by atoms with Crippen molar-refractivity contribution in [3.8, 4) is 5.75 Å². The largest absolute Gasteiger partial charge is 0.492 e. The van der Waals surface area contributed by atoms with E-state index in [9.17, 15) is 4.79 Å². The number of hydrogen-bond donors (Lipinski definition) is 1. The maximum Gasteiger partial charge on any atom is 0.235 e. The highest BCUT2D eigenvalue weighted by molar-refractivity contribution is 7.99. The first-order valence-electron chi connectivity index (χ1n) is 9.13. The van der Waals surface area contributed by atoms with E-state index < -0.39 is 0 Å². The van der Waals surface area contributed by atoms with E-state index >= 15 is 0 Å². The van der Waals surface area contributed by atoms with Crippen molar-refractivity contribution in [2.45, 2.75) is 19.4 Å². The molecule has 0 radical (unpaired) electrons. The Morgan fingerprint density at radius 1 is 1.23 bits per heavy atom. The van der Waals surface area contributed by atoms with Crippen LogP contribution in [0.4, 0.5) is 5.69 Å². The molecular weight excluding hydrogens is 344 g/mol. The lowest BCUT2D eigenvalue weighted by atomic mass is 10.00. The van der Waals surface area contributed by atoms with Gasteiger partial charge in [-0.3, -0.25) is 9.69 Å². The minimum absolute atomic E-state index is 0.00106. The maximum absolute atomic E-state index is 12.7. The number of ether oxygens (including phenoxy) is 1. The Bertz CT molecular complexity index is 802. The summed E-state index contributed by atoms with van der Waals surface area (Å²) in [6.07, 6.45) is 0. The Labute approximate surface area is 158 Å². The average Bonchev–Trinajstić information content (AvgIpc) is 3.09. The predicted octanol–water partition coefficient (Wildman–Crippen LogP) is 3.66. The number of para-hydroxylation sites is 1. The molecule has 0 spiro atoms. The van der Waals surface area contributed by atoms with Crippen LogP contribution in [-0.2, 0) is 11.3 Å². The van der Waals surface area contributed by atoms with Crippen molar-refractivity contribution in [1.82, 2.24) is 4.90 Å². The van der Waals surface area contributed by atoms with Gasteiger partial charge < -0.3 is 10.1 Å². The fourth-order valence-corrected chi connectivity index (χ4v) is 4.56. The summed E-state index contributed by atoms with van der Waals surface area (Å²) in [5, 5.41) is 3.09. The average molecular weight is 369 g/mol. The molecule has 4 rings (SSSR count). The number of nitrogens with one attached hydrogen (secondary N) is 1. The second-order valence-corrected chi connectivity index (χ2v) is 8.15. The van der Waals surface area contributed by atoms with Crippen LogP contribution in [0.3, 0.4) is 0 Å². The molecule has 0 bridgehead atoms. The molecule has 26 heavy (non-hydrogen) atoms. The fraction of sp³-hybridized carbons (Fsp3) is 0.381. The number of hydrogen-bond acceptors (Lipinski definition) is 4. The first kappa shape index (κ1) is 17.4. The third-order valence-corrected chi connectivity index (χ3v) is 6.02. The predicted molar refractivity (Wildman–Crippen MR) is 107 cm³/mol. The zero-order valence-corrected chi connectivity index (χ0v) is 15.8. The molecule has 2 aromatic rings. The van der Waals surface area contributed by atoms with Crippen LogP contribution >= 0.6 is 11.8 Å². The van der Waals surface area contributed by atoms with Crippen molar-refractivity contribution in [2.24, 2.45) is 0 Å². The summed E-state index contributed by atoms with van der Waals surface area (Å²) in [5.74, 6) is 3.02. The van der Waals surface area contributed by atoms with Crippen LogP contribution in [0.25, 0.3) is 0 Å². The van der Waals surface area contributed by atoms with Gasteiger partial charge in [-0.15, -0.1) is 0 Å². The molecule has 0 saturated carbocycles. The van der Waals surface area contributed by atoms with Gasteiger partial charge >= 0.3 is 0 Å². The number of anilines is 1. The number of thioether (sulfide) groups is 1. The Morgan fingerprint density at radius 3 is 2.85 bits per heavy atom. The third kappa shape index (κ3) is 3.74. The number of amides is 1. The molecule has 1 saturated heterocycles. The summed E-state index contributed by atoms with van der Waals surface area (Å²) >= 11 is 2.03. The van der Waals surface area contributed by atoms with Gasteiger partial charge in [-0.1, -0.05) is 30.3 Å². The number of aryl methyl sites for hydroxylation is 1. The molecule has 1 amide bonds. The molecule has 136 valence electrons. The first-order chi connectivity index (χ1) is 12.7. The topological polar surface area (TPSA) is 41.6 Å². The fourth-order valence-electron chi connectivity index (χ4n) is 3.58. The van der Waals surface area contributed by atoms with E-state index in [0.717, 1.165) is 42.2 Å². The zero-order chi connectivity index (χ0) is 17.9. The SMILES string of the molecule is Cc1cc(CN2CCSCC2)ccc1NC(=O)C1COc2ccccc21. The van der Waals surface area contributed by atoms with E-state index in [0.29, 0.717) is 6.61 Å². The summed E-state index contributed by atoms with van der Waals surface area (Å²) in [7, 11) is 0. The molecule has 4 nitrogen and oxygen atoms in total. The monoisotopic (exact) mass is 368 g/mol. The van der Waals surface area contributed by atoms with Gasteiger partial charge in [0.15, 0.2) is 0 Å². The molecule has 2 heterocycles. The van der Waals surface area contributed by atoms with E-state index in [4.69, 9.17) is 4.74 Å². The normalized spacial score (nSPS) is 19.7. The number of rotatable bonds is 4. The van der Waals surface area contributed by atoms with E-state index in [1.54, 1.807) is 0 Å². The van der Waals surface area contributed by atoms with Crippen LogP contribution in [0, 0.1) is 6.92 Å². The quantitative estimate of drug-likeness (QED) is 0.894. The third-order valence-electron chi connectivity index (χ3n) is 5.07. The minimum Gasteiger partial charge on any atom is -0.492 e. The molecule has 0 aliphatic carbocycles. The standard InChI is InChI=1S/C21H24N2O2S/c1-15-12-16(13-23-8-10-26-11-9-23)6-7-19(15)22-21(24)18-14-25-20-5-3-2-4-17(18)20/h2-7,12,18H,8-11,13-14H2,1H3,(H,22,24). The van der Waals surface area contributed by atoms with Crippen molar-refractivity contribution in [1.29, 1.82) is 0 Å². The Balaban J connectivity index is 1.43. The summed E-state index contributed by atoms with van der Waals surface area (Å²) in [6.45, 7) is 5.77. The number of benzene rings is 2. The maximum atomic E-state index is 12.7. The van der Waals surface area contributed by atoms with Crippen LogP contribution in [0.5, 0.6) is 5.75 Å². The van der Waals surface area contributed by atoms with Gasteiger partial charge in [0.25, 0.3) is 0 Å². The Kier molecular flexibility index (Phi) is 5.18. The number of nitrogens with zero attached hydrogens (tertiary/aromatic N) is 1. The summed E-state index contributed by atoms with van der Waals surface area (Å²) in [5.41, 5.74) is 4.27. The molecule has 2 aliphatic rings. The van der Waals surface area contributed by atoms with Crippen LogP contribution in [0.2, 0.25) is 0 Å². The van der Waals surface area contributed by atoms with Crippen molar-refractivity contribution < 1.29 is 9.53 Å². The van der Waals surface area contributed by atoms with Crippen molar-refractivity contribution in [2.75, 3.05) is 36.5 Å². The molecule has 1 fully saturated rings. The lowest BCUT2D eigenvalue weighted by Crippen LogP contribution is -2.32. The smallest absolute Gasteiger partial charge is 0.235 e. The number of fused-ring (bicyclic) bond motifs is 1. The molecule has 5 heteroatoms. The highest BCUT2D eigenvalue weighted by Gasteiger charge is 2.30. The van der Waals surface area contributed by atoms with Crippen LogP contribution in [0.15, 0.2) is 42.5 Å². The van der Waals surface area contributed by atoms with Gasteiger partial charge in [-0.05, 0) is 30.2 Å². The number of carbonyl (C=O) groups excluding carboxylic acids is 1. The van der Waals surface area contributed by atoms with Crippen LogP contribution in [-0.4, -0.2) is 42.0 Å². The van der Waals surface area contributed by atoms with Crippen molar-refractivity contribution in [3.63, 3.8) is 0 Å². The Hall–Kier alpha value is -1.98. The van der Waals surface area contributed by atoms with Crippen molar-refractivity contribution in [3.05, 3.63) is 59.2 Å². The van der Waals surface area contributed by atoms with Crippen LogP contribution < -0.4 is 10.1 Å². The van der Waals surface area contributed by atoms with Gasteiger partial charge in [-0.2, -0.15) is 11.8 Å². The van der Waals surface area contributed by atoms with Crippen molar-refractivity contribution >= 4 is 23.4 Å². The molecule has 1 unspecified atom stereocenters. The highest BCUT2D eigenvalue weighted by Crippen LogP contribution is 2.34. The molecule has 2 aliphatic heterocycles. The van der Waals surface area contributed by atoms with Crippen LogP contribution in [0.1, 0.15) is 22.6 Å². The molecule has 2 aromatic carbocycles. The number of carbonyl (C=O) groups is 1. The molecule has 0 aromatic heterocycles. The van der Waals surface area contributed by atoms with Gasteiger partial charge in [0.2, 0.25) is 5.91 Å². The van der Waals surface area contributed by atoms with E-state index in [2.05, 4.69) is 29.3 Å². The molecule has 1 N–H and O–H groups in total.